The fourth-order valence-electron chi connectivity index (χ4n) is 1.84. The maximum absolute atomic E-state index is 12.6. The first-order chi connectivity index (χ1) is 7.27. The second kappa shape index (κ2) is 7.63. The van der Waals surface area contributed by atoms with Gasteiger partial charge in [0.05, 0.1) is 12.4 Å². The Morgan fingerprint density at radius 2 is 1.76 bits per heavy atom. The van der Waals surface area contributed by atoms with Crippen molar-refractivity contribution in [1.82, 2.24) is 15.3 Å². The lowest BCUT2D eigenvalue weighted by Gasteiger charge is -2.31. The van der Waals surface area contributed by atoms with E-state index in [1.807, 2.05) is 11.9 Å². The Morgan fingerprint density at radius 1 is 1.24 bits per heavy atom. The summed E-state index contributed by atoms with van der Waals surface area (Å²) in [5, 5.41) is 3.30. The predicted molar refractivity (Wildman–Crippen MR) is 70.8 cm³/mol. The molecule has 1 aliphatic rings. The van der Waals surface area contributed by atoms with Gasteiger partial charge in [0.25, 0.3) is 0 Å². The maximum atomic E-state index is 12.6. The second-order valence-electron chi connectivity index (χ2n) is 3.79. The molecule has 1 aliphatic heterocycles. The minimum atomic E-state index is -0.391. The zero-order valence-electron chi connectivity index (χ0n) is 9.60. The van der Waals surface area contributed by atoms with E-state index in [1.54, 1.807) is 0 Å². The van der Waals surface area contributed by atoms with E-state index in [2.05, 4.69) is 15.3 Å². The molecule has 0 radical (unpaired) electrons. The van der Waals surface area contributed by atoms with Crippen LogP contribution in [0.2, 0.25) is 0 Å². The van der Waals surface area contributed by atoms with Crippen molar-refractivity contribution >= 4 is 30.8 Å². The number of hydrogen-bond donors (Lipinski definition) is 1. The Labute approximate surface area is 113 Å². The first-order valence-corrected chi connectivity index (χ1v) is 5.18. The summed E-state index contributed by atoms with van der Waals surface area (Å²) in [4.78, 5) is 9.97. The van der Waals surface area contributed by atoms with E-state index in [0.29, 0.717) is 12.0 Å². The molecule has 1 N–H and O–H groups in total. The molecule has 1 aromatic heterocycles. The zero-order chi connectivity index (χ0) is 10.7. The molecule has 0 saturated carbocycles. The van der Waals surface area contributed by atoms with Crippen LogP contribution < -0.4 is 10.2 Å². The second-order valence-corrected chi connectivity index (χ2v) is 3.79. The van der Waals surface area contributed by atoms with Crippen LogP contribution in [-0.4, -0.2) is 36.1 Å². The number of nitrogens with one attached hydrogen (secondary N) is 1. The van der Waals surface area contributed by atoms with E-state index in [9.17, 15) is 4.39 Å². The van der Waals surface area contributed by atoms with Crippen LogP contribution in [0.5, 0.6) is 0 Å². The Hall–Kier alpha value is -0.650. The quantitative estimate of drug-likeness (QED) is 0.896. The lowest BCUT2D eigenvalue weighted by atomic mass is 10.1. The minimum Gasteiger partial charge on any atom is -0.341 e. The van der Waals surface area contributed by atoms with Crippen molar-refractivity contribution in [2.24, 2.45) is 0 Å². The van der Waals surface area contributed by atoms with Crippen molar-refractivity contribution in [3.05, 3.63) is 18.2 Å². The summed E-state index contributed by atoms with van der Waals surface area (Å²) >= 11 is 0. The number of hydrogen-bond acceptors (Lipinski definition) is 4. The van der Waals surface area contributed by atoms with Gasteiger partial charge in [-0.05, 0) is 25.9 Å². The molecule has 4 nitrogen and oxygen atoms in total. The number of nitrogens with zero attached hydrogens (tertiary/aromatic N) is 3. The average molecular weight is 283 g/mol. The third-order valence-electron chi connectivity index (χ3n) is 2.78. The summed E-state index contributed by atoms with van der Waals surface area (Å²) in [5.74, 6) is 0.209. The van der Waals surface area contributed by atoms with Crippen molar-refractivity contribution in [3.8, 4) is 0 Å². The number of anilines is 1. The lowest BCUT2D eigenvalue weighted by Crippen LogP contribution is -2.41. The molecular weight excluding hydrogens is 266 g/mol. The first kappa shape index (κ1) is 16.4. The zero-order valence-corrected chi connectivity index (χ0v) is 11.2. The van der Waals surface area contributed by atoms with E-state index >= 15 is 0 Å². The van der Waals surface area contributed by atoms with Crippen molar-refractivity contribution in [3.63, 3.8) is 0 Å². The highest BCUT2D eigenvalue weighted by Crippen LogP contribution is 2.15. The topological polar surface area (TPSA) is 41.1 Å². The summed E-state index contributed by atoms with van der Waals surface area (Å²) in [6.45, 7) is 2.05. The molecular formula is C10H17Cl2FN4. The molecule has 0 atom stereocenters. The molecule has 1 fully saturated rings. The molecule has 1 aromatic rings. The molecule has 0 spiro atoms. The summed E-state index contributed by atoms with van der Waals surface area (Å²) < 4.78 is 12.6. The molecule has 1 saturated heterocycles. The standard InChI is InChI=1S/C10H15FN4.2ClH/c1-15(9-2-4-12-5-3-9)10-13-6-8(11)7-14-10;;/h6-7,9,12H,2-5H2,1H3;2*1H. The highest BCUT2D eigenvalue weighted by atomic mass is 35.5. The van der Waals surface area contributed by atoms with Crippen LogP contribution in [0.3, 0.4) is 0 Å². The van der Waals surface area contributed by atoms with Gasteiger partial charge in [-0.25, -0.2) is 14.4 Å². The van der Waals surface area contributed by atoms with Gasteiger partial charge < -0.3 is 10.2 Å². The molecule has 98 valence electrons. The van der Waals surface area contributed by atoms with E-state index in [1.165, 1.54) is 12.4 Å². The van der Waals surface area contributed by atoms with Crippen LogP contribution >= 0.6 is 24.8 Å². The predicted octanol–water partition coefficient (Wildman–Crippen LogP) is 1.65. The third-order valence-corrected chi connectivity index (χ3v) is 2.78. The van der Waals surface area contributed by atoms with Gasteiger partial charge in [-0.1, -0.05) is 0 Å². The number of halogens is 3. The first-order valence-electron chi connectivity index (χ1n) is 5.18. The third kappa shape index (κ3) is 4.26. The Bertz CT molecular complexity index is 317. The van der Waals surface area contributed by atoms with Gasteiger partial charge in [0, 0.05) is 13.1 Å². The summed E-state index contributed by atoms with van der Waals surface area (Å²) in [5.41, 5.74) is 0. The van der Waals surface area contributed by atoms with Crippen molar-refractivity contribution in [2.75, 3.05) is 25.0 Å². The Balaban J connectivity index is 0.00000128. The molecule has 0 aliphatic carbocycles. The largest absolute Gasteiger partial charge is 0.341 e. The number of rotatable bonds is 2. The molecule has 2 rings (SSSR count). The normalized spacial score (nSPS) is 15.6. The van der Waals surface area contributed by atoms with Gasteiger partial charge in [-0.2, -0.15) is 0 Å². The van der Waals surface area contributed by atoms with Gasteiger partial charge in [0.2, 0.25) is 5.95 Å². The van der Waals surface area contributed by atoms with Crippen LogP contribution in [0, 0.1) is 5.82 Å². The average Bonchev–Trinajstić information content (AvgIpc) is 2.30. The fraction of sp³-hybridized carbons (Fsp3) is 0.600. The van der Waals surface area contributed by atoms with E-state index < -0.39 is 5.82 Å². The highest BCUT2D eigenvalue weighted by Gasteiger charge is 2.19. The lowest BCUT2D eigenvalue weighted by molar-refractivity contribution is 0.439. The summed E-state index contributed by atoms with van der Waals surface area (Å²) in [6.07, 6.45) is 4.58. The molecule has 7 heteroatoms. The van der Waals surface area contributed by atoms with Crippen LogP contribution in [-0.2, 0) is 0 Å². The molecule has 0 amide bonds. The van der Waals surface area contributed by atoms with Crippen molar-refractivity contribution < 1.29 is 4.39 Å². The van der Waals surface area contributed by atoms with Crippen LogP contribution in [0.1, 0.15) is 12.8 Å². The molecule has 0 unspecified atom stereocenters. The molecule has 17 heavy (non-hydrogen) atoms. The Kier molecular flexibility index (Phi) is 7.34. The number of aromatic nitrogens is 2. The molecule has 0 bridgehead atoms. The van der Waals surface area contributed by atoms with E-state index in [-0.39, 0.29) is 24.8 Å². The Morgan fingerprint density at radius 3 is 2.29 bits per heavy atom. The van der Waals surface area contributed by atoms with Crippen LogP contribution in [0.25, 0.3) is 0 Å². The summed E-state index contributed by atoms with van der Waals surface area (Å²) in [6, 6.07) is 0.455. The van der Waals surface area contributed by atoms with Gasteiger partial charge in [0.15, 0.2) is 5.82 Å². The smallest absolute Gasteiger partial charge is 0.225 e. The van der Waals surface area contributed by atoms with Gasteiger partial charge in [0.1, 0.15) is 0 Å². The maximum Gasteiger partial charge on any atom is 0.225 e. The van der Waals surface area contributed by atoms with Gasteiger partial charge in [-0.3, -0.25) is 0 Å². The van der Waals surface area contributed by atoms with Crippen LogP contribution in [0.4, 0.5) is 10.3 Å². The van der Waals surface area contributed by atoms with Crippen LogP contribution in [0.15, 0.2) is 12.4 Å². The van der Waals surface area contributed by atoms with Crippen molar-refractivity contribution in [1.29, 1.82) is 0 Å². The number of piperidine rings is 1. The monoisotopic (exact) mass is 282 g/mol. The van der Waals surface area contributed by atoms with E-state index in [4.69, 9.17) is 0 Å². The highest BCUT2D eigenvalue weighted by molar-refractivity contribution is 5.85. The van der Waals surface area contributed by atoms with Gasteiger partial charge >= 0.3 is 0 Å². The fourth-order valence-corrected chi connectivity index (χ4v) is 1.84. The van der Waals surface area contributed by atoms with E-state index in [0.717, 1.165) is 25.9 Å². The molecule has 0 aromatic carbocycles. The van der Waals surface area contributed by atoms with Gasteiger partial charge in [-0.15, -0.1) is 24.8 Å². The minimum absolute atomic E-state index is 0. The summed E-state index contributed by atoms with van der Waals surface area (Å²) in [7, 11) is 1.96. The molecule has 2 heterocycles. The SMILES string of the molecule is CN(c1ncc(F)cn1)C1CCNCC1.Cl.Cl. The van der Waals surface area contributed by atoms with Crippen molar-refractivity contribution in [2.45, 2.75) is 18.9 Å².